The Morgan fingerprint density at radius 2 is 1.81 bits per heavy atom. The molecule has 3 rings (SSSR count). The van der Waals surface area contributed by atoms with Gasteiger partial charge in [-0.15, -0.1) is 0 Å². The van der Waals surface area contributed by atoms with Crippen molar-refractivity contribution in [3.05, 3.63) is 59.7 Å². The van der Waals surface area contributed by atoms with Crippen LogP contribution in [0.3, 0.4) is 0 Å². The van der Waals surface area contributed by atoms with E-state index < -0.39 is 11.6 Å². The van der Waals surface area contributed by atoms with E-state index in [0.29, 0.717) is 0 Å². The Labute approximate surface area is 157 Å². The first kappa shape index (κ1) is 18.5. The monoisotopic (exact) mass is 377 g/mol. The Balaban J connectivity index is 1.58. The smallest absolute Gasteiger partial charge is 0.171 e. The maximum Gasteiger partial charge on any atom is 0.171 e. The quantitative estimate of drug-likeness (QED) is 0.792. The molecular formula is C19H21F2N3OS. The van der Waals surface area contributed by atoms with E-state index in [4.69, 9.17) is 17.0 Å². The number of rotatable bonds is 4. The largest absolute Gasteiger partial charge is 0.378 e. The highest BCUT2D eigenvalue weighted by Gasteiger charge is 2.13. The first-order chi connectivity index (χ1) is 12.5. The lowest BCUT2D eigenvalue weighted by Gasteiger charge is -2.29. The molecule has 0 bridgehead atoms. The van der Waals surface area contributed by atoms with Gasteiger partial charge >= 0.3 is 0 Å². The summed E-state index contributed by atoms with van der Waals surface area (Å²) >= 11 is 5.23. The van der Waals surface area contributed by atoms with Crippen molar-refractivity contribution in [1.82, 2.24) is 5.32 Å². The molecule has 138 valence electrons. The molecule has 0 radical (unpaired) electrons. The maximum atomic E-state index is 13.7. The normalized spacial score (nSPS) is 15.4. The van der Waals surface area contributed by atoms with E-state index in [1.165, 1.54) is 17.8 Å². The molecule has 1 atom stereocenters. The van der Waals surface area contributed by atoms with Gasteiger partial charge in [-0.25, -0.2) is 8.78 Å². The molecule has 0 unspecified atom stereocenters. The van der Waals surface area contributed by atoms with Gasteiger partial charge in [0.1, 0.15) is 11.6 Å². The highest BCUT2D eigenvalue weighted by atomic mass is 32.1. The Morgan fingerprint density at radius 1 is 1.12 bits per heavy atom. The Kier molecular flexibility index (Phi) is 6.00. The second-order valence-corrected chi connectivity index (χ2v) is 6.54. The lowest BCUT2D eigenvalue weighted by atomic mass is 10.1. The number of nitrogens with zero attached hydrogens (tertiary/aromatic N) is 1. The van der Waals surface area contributed by atoms with Gasteiger partial charge in [-0.2, -0.15) is 0 Å². The Bertz CT molecular complexity index is 764. The summed E-state index contributed by atoms with van der Waals surface area (Å²) in [6, 6.07) is 11.5. The zero-order chi connectivity index (χ0) is 18.5. The van der Waals surface area contributed by atoms with Crippen LogP contribution in [-0.4, -0.2) is 31.4 Å². The summed E-state index contributed by atoms with van der Waals surface area (Å²) in [5.41, 5.74) is 2.36. The number of anilines is 2. The molecule has 2 aromatic carbocycles. The third kappa shape index (κ3) is 4.68. The lowest BCUT2D eigenvalue weighted by molar-refractivity contribution is 0.122. The highest BCUT2D eigenvalue weighted by molar-refractivity contribution is 7.80. The second-order valence-electron chi connectivity index (χ2n) is 6.14. The van der Waals surface area contributed by atoms with Crippen molar-refractivity contribution < 1.29 is 13.5 Å². The van der Waals surface area contributed by atoms with E-state index in [9.17, 15) is 8.78 Å². The predicted octanol–water partition coefficient (Wildman–Crippen LogP) is 3.85. The van der Waals surface area contributed by atoms with Crippen LogP contribution in [0.1, 0.15) is 18.5 Å². The second kappa shape index (κ2) is 8.42. The summed E-state index contributed by atoms with van der Waals surface area (Å²) in [7, 11) is 0. The molecule has 1 saturated heterocycles. The Morgan fingerprint density at radius 3 is 2.46 bits per heavy atom. The van der Waals surface area contributed by atoms with E-state index in [2.05, 4.69) is 27.7 Å². The Hall–Kier alpha value is -2.25. The SMILES string of the molecule is C[C@@H](NC(=S)Nc1ccc(F)cc1F)c1ccc(N2CCOCC2)cc1. The first-order valence-corrected chi connectivity index (χ1v) is 8.89. The van der Waals surface area contributed by atoms with Crippen molar-refractivity contribution in [3.63, 3.8) is 0 Å². The van der Waals surface area contributed by atoms with Gasteiger partial charge < -0.3 is 20.3 Å². The van der Waals surface area contributed by atoms with Crippen LogP contribution in [0.5, 0.6) is 0 Å². The van der Waals surface area contributed by atoms with Crippen LogP contribution in [0.15, 0.2) is 42.5 Å². The summed E-state index contributed by atoms with van der Waals surface area (Å²) in [6.07, 6.45) is 0. The average Bonchev–Trinajstić information content (AvgIpc) is 2.65. The number of hydrogen-bond donors (Lipinski definition) is 2. The number of ether oxygens (including phenoxy) is 1. The van der Waals surface area contributed by atoms with Gasteiger partial charge in [0.2, 0.25) is 0 Å². The van der Waals surface area contributed by atoms with Crippen LogP contribution in [0.25, 0.3) is 0 Å². The molecule has 0 aromatic heterocycles. The van der Waals surface area contributed by atoms with Crippen LogP contribution in [0, 0.1) is 11.6 Å². The summed E-state index contributed by atoms with van der Waals surface area (Å²) < 4.78 is 32.0. The molecule has 1 heterocycles. The van der Waals surface area contributed by atoms with E-state index in [0.717, 1.165) is 37.9 Å². The molecule has 0 saturated carbocycles. The van der Waals surface area contributed by atoms with Gasteiger partial charge in [0.25, 0.3) is 0 Å². The molecule has 1 fully saturated rings. The van der Waals surface area contributed by atoms with Gasteiger partial charge in [0, 0.05) is 24.8 Å². The number of morpholine rings is 1. The van der Waals surface area contributed by atoms with E-state index in [1.807, 2.05) is 19.1 Å². The third-order valence-electron chi connectivity index (χ3n) is 4.30. The highest BCUT2D eigenvalue weighted by Crippen LogP contribution is 2.21. The number of benzene rings is 2. The molecular weight excluding hydrogens is 356 g/mol. The van der Waals surface area contributed by atoms with E-state index >= 15 is 0 Å². The molecule has 2 aromatic rings. The molecule has 1 aliphatic heterocycles. The van der Waals surface area contributed by atoms with Crippen molar-refractivity contribution in [3.8, 4) is 0 Å². The minimum absolute atomic E-state index is 0.0581. The molecule has 0 amide bonds. The average molecular weight is 377 g/mol. The van der Waals surface area contributed by atoms with Crippen molar-refractivity contribution in [2.45, 2.75) is 13.0 Å². The number of thiocarbonyl (C=S) groups is 1. The number of hydrogen-bond acceptors (Lipinski definition) is 3. The van der Waals surface area contributed by atoms with Crippen LogP contribution in [-0.2, 0) is 4.74 Å². The minimum Gasteiger partial charge on any atom is -0.378 e. The summed E-state index contributed by atoms with van der Waals surface area (Å²) in [4.78, 5) is 2.29. The van der Waals surface area contributed by atoms with Crippen LogP contribution in [0.2, 0.25) is 0 Å². The molecule has 0 aliphatic carbocycles. The van der Waals surface area contributed by atoms with Crippen molar-refractivity contribution in [1.29, 1.82) is 0 Å². The zero-order valence-electron chi connectivity index (χ0n) is 14.5. The zero-order valence-corrected chi connectivity index (χ0v) is 15.3. The molecule has 0 spiro atoms. The van der Waals surface area contributed by atoms with Gasteiger partial charge in [-0.3, -0.25) is 0 Å². The third-order valence-corrected chi connectivity index (χ3v) is 4.52. The molecule has 2 N–H and O–H groups in total. The van der Waals surface area contributed by atoms with Crippen LogP contribution in [0.4, 0.5) is 20.2 Å². The number of nitrogens with one attached hydrogen (secondary N) is 2. The van der Waals surface area contributed by atoms with Gasteiger partial charge in [0.15, 0.2) is 5.11 Å². The van der Waals surface area contributed by atoms with Crippen molar-refractivity contribution in [2.24, 2.45) is 0 Å². The summed E-state index contributed by atoms with van der Waals surface area (Å²) in [5.74, 6) is -1.31. The first-order valence-electron chi connectivity index (χ1n) is 8.48. The summed E-state index contributed by atoms with van der Waals surface area (Å²) in [5, 5.41) is 6.15. The van der Waals surface area contributed by atoms with Gasteiger partial charge in [-0.05, 0) is 49.0 Å². The van der Waals surface area contributed by atoms with Gasteiger partial charge in [0.05, 0.1) is 24.9 Å². The van der Waals surface area contributed by atoms with Crippen molar-refractivity contribution >= 4 is 28.7 Å². The van der Waals surface area contributed by atoms with Gasteiger partial charge in [-0.1, -0.05) is 12.1 Å². The predicted molar refractivity (Wildman–Crippen MR) is 104 cm³/mol. The standard InChI is InChI=1S/C19H21F2N3OS/c1-13(22-19(26)23-18-7-4-15(20)12-17(18)21)14-2-5-16(6-3-14)24-8-10-25-11-9-24/h2-7,12-13H,8-11H2,1H3,(H2,22,23,26)/t13-/m1/s1. The molecule has 4 nitrogen and oxygen atoms in total. The fourth-order valence-electron chi connectivity index (χ4n) is 2.82. The fourth-order valence-corrected chi connectivity index (χ4v) is 3.11. The summed E-state index contributed by atoms with van der Waals surface area (Å²) in [6.45, 7) is 5.26. The molecule has 7 heteroatoms. The molecule has 1 aliphatic rings. The molecule has 26 heavy (non-hydrogen) atoms. The van der Waals surface area contributed by atoms with E-state index in [-0.39, 0.29) is 16.8 Å². The van der Waals surface area contributed by atoms with Crippen LogP contribution < -0.4 is 15.5 Å². The fraction of sp³-hybridized carbons (Fsp3) is 0.316. The maximum absolute atomic E-state index is 13.7. The topological polar surface area (TPSA) is 36.5 Å². The van der Waals surface area contributed by atoms with Crippen molar-refractivity contribution in [2.75, 3.05) is 36.5 Å². The number of halogens is 2. The van der Waals surface area contributed by atoms with E-state index in [1.54, 1.807) is 0 Å². The minimum atomic E-state index is -0.684. The lowest BCUT2D eigenvalue weighted by Crippen LogP contribution is -2.36. The van der Waals surface area contributed by atoms with Crippen LogP contribution >= 0.6 is 12.2 Å².